The van der Waals surface area contributed by atoms with Gasteiger partial charge in [0.1, 0.15) is 0 Å². The number of amides is 1. The minimum atomic E-state index is -0.787. The van der Waals surface area contributed by atoms with Crippen molar-refractivity contribution in [3.63, 3.8) is 0 Å². The first-order valence-corrected chi connectivity index (χ1v) is 6.80. The molecule has 2 saturated heterocycles. The van der Waals surface area contributed by atoms with E-state index in [9.17, 15) is 9.90 Å². The Morgan fingerprint density at radius 1 is 1.33 bits per heavy atom. The lowest BCUT2D eigenvalue weighted by atomic mass is 9.82. The van der Waals surface area contributed by atoms with Gasteiger partial charge in [0.05, 0.1) is 13.2 Å². The fraction of sp³-hybridized carbons (Fsp3) is 0.923. The molecule has 0 radical (unpaired) electrons. The number of ether oxygens (including phenoxy) is 1. The molecule has 0 aromatic rings. The number of carbonyl (C=O) groups is 1. The molecular formula is C13H24N2O3. The molecule has 0 spiro atoms. The van der Waals surface area contributed by atoms with Crippen molar-refractivity contribution < 1.29 is 14.6 Å². The lowest BCUT2D eigenvalue weighted by molar-refractivity contribution is 0.00721. The smallest absolute Gasteiger partial charge is 0.407 e. The molecule has 0 aliphatic carbocycles. The molecule has 2 aliphatic rings. The van der Waals surface area contributed by atoms with Gasteiger partial charge in [-0.25, -0.2) is 4.79 Å². The molecule has 5 heteroatoms. The third-order valence-electron chi connectivity index (χ3n) is 4.13. The lowest BCUT2D eigenvalue weighted by Crippen LogP contribution is -2.54. The van der Waals surface area contributed by atoms with E-state index in [-0.39, 0.29) is 5.54 Å². The van der Waals surface area contributed by atoms with Crippen LogP contribution in [0.2, 0.25) is 0 Å². The Bertz CT molecular complexity index is 301. The van der Waals surface area contributed by atoms with E-state index in [1.807, 2.05) is 13.8 Å². The molecule has 104 valence electrons. The van der Waals surface area contributed by atoms with E-state index in [2.05, 4.69) is 4.90 Å². The van der Waals surface area contributed by atoms with Crippen molar-refractivity contribution in [2.45, 2.75) is 32.2 Å². The van der Waals surface area contributed by atoms with Crippen LogP contribution in [0.15, 0.2) is 0 Å². The third kappa shape index (κ3) is 3.14. The molecule has 5 nitrogen and oxygen atoms in total. The average Bonchev–Trinajstić information content (AvgIpc) is 2.28. The molecule has 0 aromatic heterocycles. The van der Waals surface area contributed by atoms with Crippen LogP contribution >= 0.6 is 0 Å². The zero-order chi connectivity index (χ0) is 13.2. The summed E-state index contributed by atoms with van der Waals surface area (Å²) < 4.78 is 5.35. The SMILES string of the molecule is CC1(C)C[C@@H](CN2CCOCC2)CCN1C(=O)O. The Kier molecular flexibility index (Phi) is 4.12. The Morgan fingerprint density at radius 2 is 2.00 bits per heavy atom. The highest BCUT2D eigenvalue weighted by Gasteiger charge is 2.38. The van der Waals surface area contributed by atoms with E-state index in [0.29, 0.717) is 12.5 Å². The molecule has 18 heavy (non-hydrogen) atoms. The van der Waals surface area contributed by atoms with Crippen LogP contribution in [0.1, 0.15) is 26.7 Å². The zero-order valence-corrected chi connectivity index (χ0v) is 11.4. The summed E-state index contributed by atoms with van der Waals surface area (Å²) in [5, 5.41) is 9.18. The maximum absolute atomic E-state index is 11.2. The number of hydrogen-bond acceptors (Lipinski definition) is 3. The predicted molar refractivity (Wildman–Crippen MR) is 68.8 cm³/mol. The minimum absolute atomic E-state index is 0.235. The highest BCUT2D eigenvalue weighted by atomic mass is 16.5. The van der Waals surface area contributed by atoms with Gasteiger partial charge < -0.3 is 14.7 Å². The average molecular weight is 256 g/mol. The first-order chi connectivity index (χ1) is 8.49. The first-order valence-electron chi connectivity index (χ1n) is 6.80. The quantitative estimate of drug-likeness (QED) is 0.813. The maximum Gasteiger partial charge on any atom is 0.407 e. The molecular weight excluding hydrogens is 232 g/mol. The van der Waals surface area contributed by atoms with Crippen LogP contribution in [0.3, 0.4) is 0 Å². The number of carboxylic acid groups (broad SMARTS) is 1. The summed E-state index contributed by atoms with van der Waals surface area (Å²) in [6.45, 7) is 9.50. The summed E-state index contributed by atoms with van der Waals surface area (Å²) in [7, 11) is 0. The molecule has 2 aliphatic heterocycles. The van der Waals surface area contributed by atoms with Gasteiger partial charge in [0.25, 0.3) is 0 Å². The van der Waals surface area contributed by atoms with Gasteiger partial charge in [-0.15, -0.1) is 0 Å². The second kappa shape index (κ2) is 5.45. The molecule has 1 amide bonds. The standard InChI is InChI=1S/C13H24N2O3/c1-13(2)9-11(3-4-15(13)12(16)17)10-14-5-7-18-8-6-14/h11H,3-10H2,1-2H3,(H,16,17)/t11-/m0/s1. The van der Waals surface area contributed by atoms with Crippen LogP contribution in [0.25, 0.3) is 0 Å². The van der Waals surface area contributed by atoms with Crippen LogP contribution in [0, 0.1) is 5.92 Å². The van der Waals surface area contributed by atoms with Crippen molar-refractivity contribution in [1.29, 1.82) is 0 Å². The number of likely N-dealkylation sites (tertiary alicyclic amines) is 1. The van der Waals surface area contributed by atoms with Gasteiger partial charge in [-0.1, -0.05) is 0 Å². The number of hydrogen-bond donors (Lipinski definition) is 1. The summed E-state index contributed by atoms with van der Waals surface area (Å²) in [5.74, 6) is 0.605. The fourth-order valence-electron chi connectivity index (χ4n) is 3.19. The monoisotopic (exact) mass is 256 g/mol. The van der Waals surface area contributed by atoms with Crippen molar-refractivity contribution in [2.75, 3.05) is 39.4 Å². The van der Waals surface area contributed by atoms with E-state index in [0.717, 1.165) is 45.7 Å². The van der Waals surface area contributed by atoms with Crippen LogP contribution < -0.4 is 0 Å². The van der Waals surface area contributed by atoms with E-state index >= 15 is 0 Å². The molecule has 0 bridgehead atoms. The maximum atomic E-state index is 11.2. The normalized spacial score (nSPS) is 29.2. The zero-order valence-electron chi connectivity index (χ0n) is 11.4. The molecule has 1 N–H and O–H groups in total. The minimum Gasteiger partial charge on any atom is -0.465 e. The van der Waals surface area contributed by atoms with Gasteiger partial charge in [0.15, 0.2) is 0 Å². The van der Waals surface area contributed by atoms with E-state index < -0.39 is 6.09 Å². The highest BCUT2D eigenvalue weighted by Crippen LogP contribution is 2.32. The summed E-state index contributed by atoms with van der Waals surface area (Å²) in [5.41, 5.74) is -0.235. The first kappa shape index (κ1) is 13.6. The Labute approximate surface area is 109 Å². The number of rotatable bonds is 2. The molecule has 0 aromatic carbocycles. The predicted octanol–water partition coefficient (Wildman–Crippen LogP) is 1.49. The van der Waals surface area contributed by atoms with Crippen molar-refractivity contribution in [3.8, 4) is 0 Å². The molecule has 1 atom stereocenters. The molecule has 2 rings (SSSR count). The Balaban J connectivity index is 1.87. The molecule has 0 saturated carbocycles. The van der Waals surface area contributed by atoms with Crippen LogP contribution in [-0.4, -0.2) is 65.9 Å². The van der Waals surface area contributed by atoms with Gasteiger partial charge >= 0.3 is 6.09 Å². The largest absolute Gasteiger partial charge is 0.465 e. The second-order valence-corrected chi connectivity index (χ2v) is 6.02. The Morgan fingerprint density at radius 3 is 2.56 bits per heavy atom. The van der Waals surface area contributed by atoms with Crippen molar-refractivity contribution in [2.24, 2.45) is 5.92 Å². The summed E-state index contributed by atoms with van der Waals surface area (Å²) in [4.78, 5) is 15.2. The molecule has 2 fully saturated rings. The van der Waals surface area contributed by atoms with E-state index in [1.165, 1.54) is 0 Å². The van der Waals surface area contributed by atoms with Crippen molar-refractivity contribution >= 4 is 6.09 Å². The van der Waals surface area contributed by atoms with Gasteiger partial charge in [-0.3, -0.25) is 4.90 Å². The topological polar surface area (TPSA) is 53.0 Å². The van der Waals surface area contributed by atoms with Crippen molar-refractivity contribution in [3.05, 3.63) is 0 Å². The van der Waals surface area contributed by atoms with Crippen LogP contribution in [-0.2, 0) is 4.74 Å². The molecule has 0 unspecified atom stereocenters. The highest BCUT2D eigenvalue weighted by molar-refractivity contribution is 5.66. The van der Waals surface area contributed by atoms with Gasteiger partial charge in [0, 0.05) is 31.7 Å². The van der Waals surface area contributed by atoms with E-state index in [4.69, 9.17) is 4.74 Å². The lowest BCUT2D eigenvalue weighted by Gasteiger charge is -2.45. The van der Waals surface area contributed by atoms with E-state index in [1.54, 1.807) is 4.90 Å². The van der Waals surface area contributed by atoms with Crippen LogP contribution in [0.4, 0.5) is 4.79 Å². The third-order valence-corrected chi connectivity index (χ3v) is 4.13. The van der Waals surface area contributed by atoms with Crippen LogP contribution in [0.5, 0.6) is 0 Å². The summed E-state index contributed by atoms with van der Waals surface area (Å²) in [6.07, 6.45) is 1.15. The molecule has 2 heterocycles. The van der Waals surface area contributed by atoms with Gasteiger partial charge in [-0.2, -0.15) is 0 Å². The second-order valence-electron chi connectivity index (χ2n) is 6.02. The van der Waals surface area contributed by atoms with Gasteiger partial charge in [-0.05, 0) is 32.6 Å². The Hall–Kier alpha value is -0.810. The number of piperidine rings is 1. The summed E-state index contributed by atoms with van der Waals surface area (Å²) >= 11 is 0. The van der Waals surface area contributed by atoms with Crippen molar-refractivity contribution in [1.82, 2.24) is 9.80 Å². The fourth-order valence-corrected chi connectivity index (χ4v) is 3.19. The number of morpholine rings is 1. The number of nitrogens with zero attached hydrogens (tertiary/aromatic N) is 2. The summed E-state index contributed by atoms with van der Waals surface area (Å²) in [6, 6.07) is 0. The van der Waals surface area contributed by atoms with Gasteiger partial charge in [0.2, 0.25) is 0 Å².